The van der Waals surface area contributed by atoms with Gasteiger partial charge in [-0.1, -0.05) is 25.5 Å². The third-order valence-electron chi connectivity index (χ3n) is 2.62. The molecule has 0 saturated heterocycles. The second kappa shape index (κ2) is 7.48. The Morgan fingerprint density at radius 1 is 1.17 bits per heavy atom. The zero-order valence-corrected chi connectivity index (χ0v) is 10.6. The van der Waals surface area contributed by atoms with Gasteiger partial charge in [0.25, 0.3) is 0 Å². The number of aliphatic carboxylic acids is 1. The van der Waals surface area contributed by atoms with Crippen LogP contribution >= 0.6 is 0 Å². The van der Waals surface area contributed by atoms with Crippen molar-refractivity contribution in [3.63, 3.8) is 0 Å². The first-order valence-corrected chi connectivity index (χ1v) is 6.22. The van der Waals surface area contributed by atoms with Crippen LogP contribution in [-0.4, -0.2) is 17.0 Å². The normalized spacial score (nSPS) is 10.1. The van der Waals surface area contributed by atoms with Crippen LogP contribution in [-0.2, 0) is 16.0 Å². The van der Waals surface area contributed by atoms with E-state index in [2.05, 4.69) is 12.2 Å². The Bertz CT molecular complexity index is 398. The third-order valence-corrected chi connectivity index (χ3v) is 2.62. The summed E-state index contributed by atoms with van der Waals surface area (Å²) < 4.78 is 0. The molecule has 0 radical (unpaired) electrons. The summed E-state index contributed by atoms with van der Waals surface area (Å²) in [6.07, 6.45) is 3.23. The SMILES string of the molecule is CCCCc1ccc(NC(=O)CCC(=O)O)cc1. The summed E-state index contributed by atoms with van der Waals surface area (Å²) in [5, 5.41) is 11.1. The lowest BCUT2D eigenvalue weighted by Crippen LogP contribution is -2.13. The number of aryl methyl sites for hydroxylation is 1. The van der Waals surface area contributed by atoms with E-state index in [9.17, 15) is 9.59 Å². The highest BCUT2D eigenvalue weighted by molar-refractivity contribution is 5.92. The largest absolute Gasteiger partial charge is 0.481 e. The Hall–Kier alpha value is -1.84. The second-order valence-corrected chi connectivity index (χ2v) is 4.24. The predicted octanol–water partition coefficient (Wildman–Crippen LogP) is 2.83. The van der Waals surface area contributed by atoms with Gasteiger partial charge in [-0.15, -0.1) is 0 Å². The Morgan fingerprint density at radius 2 is 1.83 bits per heavy atom. The summed E-state index contributed by atoms with van der Waals surface area (Å²) in [5.41, 5.74) is 1.96. The first-order valence-electron chi connectivity index (χ1n) is 6.22. The number of carboxylic acids is 1. The van der Waals surface area contributed by atoms with Gasteiger partial charge in [0.2, 0.25) is 5.91 Å². The zero-order chi connectivity index (χ0) is 13.4. The lowest BCUT2D eigenvalue weighted by molar-refractivity contribution is -0.138. The Balaban J connectivity index is 2.42. The highest BCUT2D eigenvalue weighted by atomic mass is 16.4. The Morgan fingerprint density at radius 3 is 2.39 bits per heavy atom. The number of benzene rings is 1. The van der Waals surface area contributed by atoms with Crippen molar-refractivity contribution in [2.24, 2.45) is 0 Å². The van der Waals surface area contributed by atoms with Crippen LogP contribution in [0.3, 0.4) is 0 Å². The number of anilines is 1. The molecule has 0 aliphatic heterocycles. The molecular formula is C14H19NO3. The number of rotatable bonds is 7. The van der Waals surface area contributed by atoms with E-state index in [-0.39, 0.29) is 18.7 Å². The van der Waals surface area contributed by atoms with Gasteiger partial charge in [-0.05, 0) is 30.5 Å². The molecule has 1 aromatic carbocycles. The number of unbranched alkanes of at least 4 members (excludes halogenated alkanes) is 1. The van der Waals surface area contributed by atoms with E-state index in [1.165, 1.54) is 5.56 Å². The number of amides is 1. The number of nitrogens with one attached hydrogen (secondary N) is 1. The maximum Gasteiger partial charge on any atom is 0.303 e. The van der Waals surface area contributed by atoms with Crippen molar-refractivity contribution in [3.05, 3.63) is 29.8 Å². The quantitative estimate of drug-likeness (QED) is 0.780. The minimum absolute atomic E-state index is 0.00686. The minimum Gasteiger partial charge on any atom is -0.481 e. The predicted molar refractivity (Wildman–Crippen MR) is 70.6 cm³/mol. The van der Waals surface area contributed by atoms with E-state index < -0.39 is 5.97 Å². The maximum absolute atomic E-state index is 11.4. The molecule has 0 aliphatic rings. The molecule has 1 rings (SSSR count). The van der Waals surface area contributed by atoms with Crippen molar-refractivity contribution in [3.8, 4) is 0 Å². The Labute approximate surface area is 107 Å². The summed E-state index contributed by atoms with van der Waals surface area (Å²) in [4.78, 5) is 21.7. The van der Waals surface area contributed by atoms with E-state index in [4.69, 9.17) is 5.11 Å². The molecule has 1 amide bonds. The van der Waals surface area contributed by atoms with E-state index in [0.29, 0.717) is 5.69 Å². The molecule has 0 atom stereocenters. The van der Waals surface area contributed by atoms with Crippen LogP contribution in [0.2, 0.25) is 0 Å². The molecule has 2 N–H and O–H groups in total. The fourth-order valence-corrected chi connectivity index (χ4v) is 1.58. The molecule has 1 aromatic rings. The van der Waals surface area contributed by atoms with E-state index in [1.807, 2.05) is 24.3 Å². The van der Waals surface area contributed by atoms with Gasteiger partial charge in [-0.25, -0.2) is 0 Å². The highest BCUT2D eigenvalue weighted by Gasteiger charge is 2.05. The van der Waals surface area contributed by atoms with Gasteiger partial charge in [-0.2, -0.15) is 0 Å². The summed E-state index contributed by atoms with van der Waals surface area (Å²) >= 11 is 0. The maximum atomic E-state index is 11.4. The standard InChI is InChI=1S/C14H19NO3/c1-2-3-4-11-5-7-12(8-6-11)15-13(16)9-10-14(17)18/h5-8H,2-4,9-10H2,1H3,(H,15,16)(H,17,18). The molecule has 0 unspecified atom stereocenters. The van der Waals surface area contributed by atoms with Gasteiger partial charge in [0.1, 0.15) is 0 Å². The molecular weight excluding hydrogens is 230 g/mol. The van der Waals surface area contributed by atoms with E-state index in [1.54, 1.807) is 0 Å². The van der Waals surface area contributed by atoms with Gasteiger partial charge in [0.15, 0.2) is 0 Å². The lowest BCUT2D eigenvalue weighted by atomic mass is 10.1. The van der Waals surface area contributed by atoms with Crippen LogP contribution in [0, 0.1) is 0 Å². The molecule has 4 heteroatoms. The van der Waals surface area contributed by atoms with Crippen LogP contribution in [0.25, 0.3) is 0 Å². The van der Waals surface area contributed by atoms with E-state index >= 15 is 0 Å². The van der Waals surface area contributed by atoms with Gasteiger partial charge in [-0.3, -0.25) is 9.59 Å². The van der Waals surface area contributed by atoms with Crippen molar-refractivity contribution >= 4 is 17.6 Å². The number of hydrogen-bond acceptors (Lipinski definition) is 2. The topological polar surface area (TPSA) is 66.4 Å². The second-order valence-electron chi connectivity index (χ2n) is 4.24. The third kappa shape index (κ3) is 5.48. The molecule has 4 nitrogen and oxygen atoms in total. The average Bonchev–Trinajstić information content (AvgIpc) is 2.35. The number of carbonyl (C=O) groups excluding carboxylic acids is 1. The number of carboxylic acid groups (broad SMARTS) is 1. The fraction of sp³-hybridized carbons (Fsp3) is 0.429. The molecule has 0 spiro atoms. The Kier molecular flexibility index (Phi) is 5.91. The molecule has 0 heterocycles. The monoisotopic (exact) mass is 249 g/mol. The summed E-state index contributed by atoms with van der Waals surface area (Å²) in [7, 11) is 0. The molecule has 0 aliphatic carbocycles. The minimum atomic E-state index is -0.958. The highest BCUT2D eigenvalue weighted by Crippen LogP contribution is 2.12. The number of carbonyl (C=O) groups is 2. The number of hydrogen-bond donors (Lipinski definition) is 2. The first kappa shape index (κ1) is 14.2. The van der Waals surface area contributed by atoms with E-state index in [0.717, 1.165) is 19.3 Å². The van der Waals surface area contributed by atoms with Crippen LogP contribution in [0.4, 0.5) is 5.69 Å². The van der Waals surface area contributed by atoms with Gasteiger partial charge >= 0.3 is 5.97 Å². The van der Waals surface area contributed by atoms with Crippen LogP contribution in [0.15, 0.2) is 24.3 Å². The summed E-state index contributed by atoms with van der Waals surface area (Å²) in [6, 6.07) is 7.68. The van der Waals surface area contributed by atoms with Crippen molar-refractivity contribution < 1.29 is 14.7 Å². The van der Waals surface area contributed by atoms with Gasteiger partial charge in [0, 0.05) is 12.1 Å². The molecule has 0 saturated carbocycles. The van der Waals surface area contributed by atoms with Gasteiger partial charge in [0.05, 0.1) is 6.42 Å². The fourth-order valence-electron chi connectivity index (χ4n) is 1.58. The smallest absolute Gasteiger partial charge is 0.303 e. The molecule has 0 bridgehead atoms. The van der Waals surface area contributed by atoms with Crippen LogP contribution in [0.1, 0.15) is 38.2 Å². The van der Waals surface area contributed by atoms with Crippen molar-refractivity contribution in [1.29, 1.82) is 0 Å². The summed E-state index contributed by atoms with van der Waals surface area (Å²) in [5.74, 6) is -1.22. The van der Waals surface area contributed by atoms with Crippen molar-refractivity contribution in [1.82, 2.24) is 0 Å². The average molecular weight is 249 g/mol. The molecule has 0 aromatic heterocycles. The first-order chi connectivity index (χ1) is 8.61. The zero-order valence-electron chi connectivity index (χ0n) is 10.6. The molecule has 18 heavy (non-hydrogen) atoms. The van der Waals surface area contributed by atoms with Crippen LogP contribution in [0.5, 0.6) is 0 Å². The summed E-state index contributed by atoms with van der Waals surface area (Å²) in [6.45, 7) is 2.15. The van der Waals surface area contributed by atoms with Gasteiger partial charge < -0.3 is 10.4 Å². The molecule has 0 fully saturated rings. The van der Waals surface area contributed by atoms with Crippen LogP contribution < -0.4 is 5.32 Å². The van der Waals surface area contributed by atoms with Crippen molar-refractivity contribution in [2.75, 3.05) is 5.32 Å². The molecule has 98 valence electrons. The lowest BCUT2D eigenvalue weighted by Gasteiger charge is -2.05. The van der Waals surface area contributed by atoms with Crippen molar-refractivity contribution in [2.45, 2.75) is 39.0 Å².